The van der Waals surface area contributed by atoms with Gasteiger partial charge in [-0.2, -0.15) is 5.26 Å². The Morgan fingerprint density at radius 3 is 2.85 bits per heavy atom. The van der Waals surface area contributed by atoms with Crippen LogP contribution in [0.15, 0.2) is 12.4 Å². The maximum Gasteiger partial charge on any atom is 0.183 e. The quantitative estimate of drug-likeness (QED) is 0.908. The molecule has 5 nitrogen and oxygen atoms in total. The average molecular weight is 274 g/mol. The van der Waals surface area contributed by atoms with Crippen molar-refractivity contribution in [3.8, 4) is 6.07 Å². The zero-order valence-electron chi connectivity index (χ0n) is 12.2. The fourth-order valence-corrected chi connectivity index (χ4v) is 3.26. The van der Waals surface area contributed by atoms with Crippen LogP contribution in [0.25, 0.3) is 0 Å². The molecule has 1 fully saturated rings. The second kappa shape index (κ2) is 6.19. The minimum Gasteiger partial charge on any atom is -0.396 e. The number of rotatable bonds is 4. The van der Waals surface area contributed by atoms with Gasteiger partial charge in [0, 0.05) is 30.9 Å². The molecule has 1 N–H and O–H groups in total. The van der Waals surface area contributed by atoms with Gasteiger partial charge >= 0.3 is 0 Å². The summed E-state index contributed by atoms with van der Waals surface area (Å²) in [6.45, 7) is 6.16. The SMILES string of the molecule is CC(C)CC1(CO)CCCN(c2nccnc2C#N)C1. The summed E-state index contributed by atoms with van der Waals surface area (Å²) in [5.74, 6) is 1.19. The predicted octanol–water partition coefficient (Wildman–Crippen LogP) is 1.97. The van der Waals surface area contributed by atoms with Gasteiger partial charge in [-0.3, -0.25) is 0 Å². The zero-order chi connectivity index (χ0) is 14.6. The minimum absolute atomic E-state index is 0.0866. The van der Waals surface area contributed by atoms with Crippen molar-refractivity contribution in [2.75, 3.05) is 24.6 Å². The fraction of sp³-hybridized carbons (Fsp3) is 0.667. The lowest BCUT2D eigenvalue weighted by Crippen LogP contribution is -2.46. The molecule has 1 aromatic heterocycles. The van der Waals surface area contributed by atoms with Crippen molar-refractivity contribution < 1.29 is 5.11 Å². The monoisotopic (exact) mass is 274 g/mol. The van der Waals surface area contributed by atoms with Crippen LogP contribution in [0.2, 0.25) is 0 Å². The number of aliphatic hydroxyl groups is 1. The van der Waals surface area contributed by atoms with E-state index >= 15 is 0 Å². The first-order valence-electron chi connectivity index (χ1n) is 7.17. The molecule has 1 aliphatic heterocycles. The Hall–Kier alpha value is -1.67. The average Bonchev–Trinajstić information content (AvgIpc) is 2.46. The lowest BCUT2D eigenvalue weighted by Gasteiger charge is -2.43. The third-order valence-electron chi connectivity index (χ3n) is 3.92. The molecule has 20 heavy (non-hydrogen) atoms. The van der Waals surface area contributed by atoms with Crippen molar-refractivity contribution in [2.45, 2.75) is 33.1 Å². The molecule has 2 heterocycles. The van der Waals surface area contributed by atoms with Gasteiger partial charge in [-0.25, -0.2) is 9.97 Å². The van der Waals surface area contributed by atoms with Gasteiger partial charge in [-0.1, -0.05) is 13.8 Å². The van der Waals surface area contributed by atoms with Crippen molar-refractivity contribution in [3.63, 3.8) is 0 Å². The molecule has 1 aromatic rings. The number of nitrogens with zero attached hydrogens (tertiary/aromatic N) is 4. The lowest BCUT2D eigenvalue weighted by molar-refractivity contribution is 0.0830. The van der Waals surface area contributed by atoms with Crippen molar-refractivity contribution in [3.05, 3.63) is 18.1 Å². The largest absolute Gasteiger partial charge is 0.396 e. The molecule has 1 aliphatic rings. The number of piperidine rings is 1. The Balaban J connectivity index is 2.24. The highest BCUT2D eigenvalue weighted by molar-refractivity contribution is 5.50. The first-order valence-corrected chi connectivity index (χ1v) is 7.17. The highest BCUT2D eigenvalue weighted by Gasteiger charge is 2.36. The molecule has 0 aromatic carbocycles. The van der Waals surface area contributed by atoms with Gasteiger partial charge < -0.3 is 10.0 Å². The smallest absolute Gasteiger partial charge is 0.183 e. The van der Waals surface area contributed by atoms with Gasteiger partial charge in [0.25, 0.3) is 0 Å². The molecule has 0 radical (unpaired) electrons. The Labute approximate surface area is 120 Å². The number of aromatic nitrogens is 2. The summed E-state index contributed by atoms with van der Waals surface area (Å²) < 4.78 is 0. The summed E-state index contributed by atoms with van der Waals surface area (Å²) in [7, 11) is 0. The summed E-state index contributed by atoms with van der Waals surface area (Å²) >= 11 is 0. The number of hydrogen-bond acceptors (Lipinski definition) is 5. The molecule has 1 saturated heterocycles. The first-order chi connectivity index (χ1) is 9.60. The van der Waals surface area contributed by atoms with Crippen LogP contribution in [0, 0.1) is 22.7 Å². The molecule has 0 bridgehead atoms. The number of aliphatic hydroxyl groups excluding tert-OH is 1. The van der Waals surface area contributed by atoms with E-state index in [9.17, 15) is 5.11 Å². The molecule has 1 atom stereocenters. The van der Waals surface area contributed by atoms with Crippen molar-refractivity contribution in [1.29, 1.82) is 5.26 Å². The van der Waals surface area contributed by atoms with Crippen LogP contribution in [-0.4, -0.2) is 34.8 Å². The molecule has 0 spiro atoms. The third-order valence-corrected chi connectivity index (χ3v) is 3.92. The summed E-state index contributed by atoms with van der Waals surface area (Å²) in [6.07, 6.45) is 6.18. The van der Waals surface area contributed by atoms with E-state index in [1.807, 2.05) is 0 Å². The van der Waals surface area contributed by atoms with Gasteiger partial charge in [-0.05, 0) is 25.2 Å². The Bertz CT molecular complexity index is 497. The second-order valence-corrected chi connectivity index (χ2v) is 6.12. The number of nitriles is 1. The molecular formula is C15H22N4O. The van der Waals surface area contributed by atoms with Gasteiger partial charge in [-0.15, -0.1) is 0 Å². The number of anilines is 1. The topological polar surface area (TPSA) is 73.0 Å². The molecule has 0 saturated carbocycles. The lowest BCUT2D eigenvalue weighted by atomic mass is 9.74. The fourth-order valence-electron chi connectivity index (χ4n) is 3.26. The highest BCUT2D eigenvalue weighted by Crippen LogP contribution is 2.37. The summed E-state index contributed by atoms with van der Waals surface area (Å²) in [6, 6.07) is 2.10. The molecule has 0 amide bonds. The maximum absolute atomic E-state index is 9.85. The van der Waals surface area contributed by atoms with E-state index in [0.717, 1.165) is 32.4 Å². The molecule has 1 unspecified atom stereocenters. The molecular weight excluding hydrogens is 252 g/mol. The van der Waals surface area contributed by atoms with E-state index < -0.39 is 0 Å². The van der Waals surface area contributed by atoms with E-state index in [4.69, 9.17) is 5.26 Å². The van der Waals surface area contributed by atoms with Crippen molar-refractivity contribution >= 4 is 5.82 Å². The van der Waals surface area contributed by atoms with Crippen LogP contribution in [0.4, 0.5) is 5.82 Å². The van der Waals surface area contributed by atoms with Crippen molar-refractivity contribution in [1.82, 2.24) is 9.97 Å². The van der Waals surface area contributed by atoms with E-state index in [2.05, 4.69) is 34.8 Å². The number of hydrogen-bond donors (Lipinski definition) is 1. The van der Waals surface area contributed by atoms with E-state index in [0.29, 0.717) is 17.4 Å². The Morgan fingerprint density at radius 1 is 1.45 bits per heavy atom. The zero-order valence-corrected chi connectivity index (χ0v) is 12.2. The predicted molar refractivity (Wildman–Crippen MR) is 77.2 cm³/mol. The Kier molecular flexibility index (Phi) is 4.56. The van der Waals surface area contributed by atoms with Gasteiger partial charge in [0.15, 0.2) is 11.5 Å². The summed E-state index contributed by atoms with van der Waals surface area (Å²) in [5, 5.41) is 19.0. The summed E-state index contributed by atoms with van der Waals surface area (Å²) in [5.41, 5.74) is 0.280. The van der Waals surface area contributed by atoms with Crippen LogP contribution in [0.5, 0.6) is 0 Å². The Morgan fingerprint density at radius 2 is 2.20 bits per heavy atom. The standard InChI is InChI=1S/C15H22N4O/c1-12(2)8-15(11-20)4-3-7-19(10-15)14-13(9-16)17-5-6-18-14/h5-6,12,20H,3-4,7-8,10-11H2,1-2H3. The van der Waals surface area contributed by atoms with Gasteiger partial charge in [0.2, 0.25) is 0 Å². The van der Waals surface area contributed by atoms with E-state index in [1.54, 1.807) is 12.4 Å². The molecule has 108 valence electrons. The van der Waals surface area contributed by atoms with Crippen LogP contribution in [0.3, 0.4) is 0 Å². The van der Waals surface area contributed by atoms with Crippen molar-refractivity contribution in [2.24, 2.45) is 11.3 Å². The highest BCUT2D eigenvalue weighted by atomic mass is 16.3. The van der Waals surface area contributed by atoms with E-state index in [1.165, 1.54) is 0 Å². The molecule has 0 aliphatic carbocycles. The molecule has 2 rings (SSSR count). The van der Waals surface area contributed by atoms with Crippen LogP contribution in [0.1, 0.15) is 38.8 Å². The van der Waals surface area contributed by atoms with Crippen LogP contribution in [-0.2, 0) is 0 Å². The van der Waals surface area contributed by atoms with Crippen LogP contribution < -0.4 is 4.90 Å². The maximum atomic E-state index is 9.85. The molecule has 5 heteroatoms. The van der Waals surface area contributed by atoms with Gasteiger partial charge in [0.1, 0.15) is 6.07 Å². The van der Waals surface area contributed by atoms with Crippen LogP contribution >= 0.6 is 0 Å². The van der Waals surface area contributed by atoms with E-state index in [-0.39, 0.29) is 12.0 Å². The second-order valence-electron chi connectivity index (χ2n) is 6.12. The summed E-state index contributed by atoms with van der Waals surface area (Å²) in [4.78, 5) is 10.5. The van der Waals surface area contributed by atoms with Gasteiger partial charge in [0.05, 0.1) is 6.61 Å². The third kappa shape index (κ3) is 3.07. The minimum atomic E-state index is -0.0866. The normalized spacial score (nSPS) is 22.9. The first kappa shape index (κ1) is 14.7.